The van der Waals surface area contributed by atoms with Crippen LogP contribution in [-0.4, -0.2) is 28.2 Å². The molecule has 1 aromatic rings. The van der Waals surface area contributed by atoms with Crippen LogP contribution in [0.5, 0.6) is 5.75 Å². The van der Waals surface area contributed by atoms with Crippen LogP contribution in [0.2, 0.25) is 5.02 Å². The summed E-state index contributed by atoms with van der Waals surface area (Å²) in [7, 11) is 0. The molecule has 19 heavy (non-hydrogen) atoms. The molecular formula is C14H18ClNO3. The van der Waals surface area contributed by atoms with Gasteiger partial charge in [0.2, 0.25) is 0 Å². The number of rotatable bonds is 0. The highest BCUT2D eigenvalue weighted by molar-refractivity contribution is 6.32. The van der Waals surface area contributed by atoms with Crippen LogP contribution in [0.1, 0.15) is 31.9 Å². The number of carbonyl (C=O) groups excluding carboxylic acids is 1. The molecule has 4 nitrogen and oxygen atoms in total. The average molecular weight is 284 g/mol. The van der Waals surface area contributed by atoms with Crippen molar-refractivity contribution in [2.45, 2.75) is 39.3 Å². The van der Waals surface area contributed by atoms with Crippen LogP contribution in [0.4, 0.5) is 4.79 Å². The molecule has 104 valence electrons. The van der Waals surface area contributed by atoms with E-state index in [9.17, 15) is 9.90 Å². The van der Waals surface area contributed by atoms with Crippen molar-refractivity contribution in [1.82, 2.24) is 4.90 Å². The van der Waals surface area contributed by atoms with E-state index < -0.39 is 5.60 Å². The van der Waals surface area contributed by atoms with Crippen molar-refractivity contribution in [3.63, 3.8) is 0 Å². The summed E-state index contributed by atoms with van der Waals surface area (Å²) in [6.07, 6.45) is 0.376. The van der Waals surface area contributed by atoms with Gasteiger partial charge in [-0.15, -0.1) is 0 Å². The number of amides is 1. The van der Waals surface area contributed by atoms with Crippen LogP contribution in [0, 0.1) is 0 Å². The highest BCUT2D eigenvalue weighted by Crippen LogP contribution is 2.30. The summed E-state index contributed by atoms with van der Waals surface area (Å²) in [5.41, 5.74) is 1.49. The van der Waals surface area contributed by atoms with Crippen LogP contribution in [-0.2, 0) is 17.7 Å². The largest absolute Gasteiger partial charge is 0.506 e. The van der Waals surface area contributed by atoms with Gasteiger partial charge in [-0.2, -0.15) is 0 Å². The van der Waals surface area contributed by atoms with E-state index in [-0.39, 0.29) is 11.8 Å². The zero-order valence-corrected chi connectivity index (χ0v) is 12.1. The van der Waals surface area contributed by atoms with Gasteiger partial charge in [-0.05, 0) is 50.5 Å². The van der Waals surface area contributed by atoms with E-state index in [1.807, 2.05) is 20.8 Å². The standard InChI is InChI=1S/C14H18ClNO3/c1-14(2,3)19-13(18)16-5-4-9-7-12(17)11(15)6-10(9)8-16/h6-7,17H,4-5,8H2,1-3H3. The zero-order chi connectivity index (χ0) is 14.2. The number of halogens is 1. The first-order valence-corrected chi connectivity index (χ1v) is 6.62. The topological polar surface area (TPSA) is 49.8 Å². The van der Waals surface area contributed by atoms with Gasteiger partial charge >= 0.3 is 6.09 Å². The molecule has 0 spiro atoms. The number of ether oxygens (including phenoxy) is 1. The summed E-state index contributed by atoms with van der Waals surface area (Å²) in [4.78, 5) is 13.7. The number of hydrogen-bond acceptors (Lipinski definition) is 3. The number of phenols is 1. The lowest BCUT2D eigenvalue weighted by Gasteiger charge is -2.31. The first-order valence-electron chi connectivity index (χ1n) is 6.24. The summed E-state index contributed by atoms with van der Waals surface area (Å²) in [5.74, 6) is 0.0890. The van der Waals surface area contributed by atoms with Gasteiger partial charge in [0.15, 0.2) is 0 Å². The molecule has 1 amide bonds. The third-order valence-corrected chi connectivity index (χ3v) is 3.24. The summed E-state index contributed by atoms with van der Waals surface area (Å²) in [6.45, 7) is 6.58. The third kappa shape index (κ3) is 3.32. The molecule has 0 fully saturated rings. The summed E-state index contributed by atoms with van der Waals surface area (Å²) < 4.78 is 5.35. The quantitative estimate of drug-likeness (QED) is 0.794. The van der Waals surface area contributed by atoms with Gasteiger partial charge in [0.25, 0.3) is 0 Å². The zero-order valence-electron chi connectivity index (χ0n) is 11.4. The Bertz CT molecular complexity index is 508. The Kier molecular flexibility index (Phi) is 3.63. The van der Waals surface area contributed by atoms with Crippen molar-refractivity contribution in [3.05, 3.63) is 28.3 Å². The molecule has 0 saturated carbocycles. The number of nitrogens with zero attached hydrogens (tertiary/aromatic N) is 1. The molecule has 0 atom stereocenters. The van der Waals surface area contributed by atoms with Crippen LogP contribution in [0.25, 0.3) is 0 Å². The van der Waals surface area contributed by atoms with Gasteiger partial charge in [-0.3, -0.25) is 0 Å². The van der Waals surface area contributed by atoms with E-state index in [1.165, 1.54) is 0 Å². The number of phenolic OH excluding ortho intramolecular Hbond substituents is 1. The van der Waals surface area contributed by atoms with Crippen molar-refractivity contribution in [3.8, 4) is 5.75 Å². The van der Waals surface area contributed by atoms with Gasteiger partial charge in [-0.1, -0.05) is 11.6 Å². The predicted octanol–water partition coefficient (Wildman–Crippen LogP) is 3.34. The summed E-state index contributed by atoms with van der Waals surface area (Å²) in [5, 5.41) is 9.88. The Balaban J connectivity index is 2.14. The number of benzene rings is 1. The van der Waals surface area contributed by atoms with Gasteiger partial charge in [0, 0.05) is 13.1 Å². The molecule has 0 saturated heterocycles. The maximum Gasteiger partial charge on any atom is 0.410 e. The fourth-order valence-electron chi connectivity index (χ4n) is 2.05. The van der Waals surface area contributed by atoms with Crippen LogP contribution < -0.4 is 0 Å². The molecule has 1 aliphatic rings. The molecule has 0 unspecified atom stereocenters. The fourth-order valence-corrected chi connectivity index (χ4v) is 2.23. The molecule has 1 N–H and O–H groups in total. The number of carbonyl (C=O) groups is 1. The SMILES string of the molecule is CC(C)(C)OC(=O)N1CCc2cc(O)c(Cl)cc2C1. The first kappa shape index (κ1) is 14.0. The molecular weight excluding hydrogens is 266 g/mol. The lowest BCUT2D eigenvalue weighted by molar-refractivity contribution is 0.0224. The van der Waals surface area contributed by atoms with Gasteiger partial charge < -0.3 is 14.7 Å². The molecule has 0 aromatic heterocycles. The molecule has 1 heterocycles. The van der Waals surface area contributed by atoms with Crippen LogP contribution in [0.3, 0.4) is 0 Å². The molecule has 1 aromatic carbocycles. The van der Waals surface area contributed by atoms with Crippen LogP contribution >= 0.6 is 11.6 Å². The number of hydrogen-bond donors (Lipinski definition) is 1. The lowest BCUT2D eigenvalue weighted by Crippen LogP contribution is -2.39. The third-order valence-electron chi connectivity index (χ3n) is 2.93. The van der Waals surface area contributed by atoms with E-state index in [1.54, 1.807) is 17.0 Å². The Morgan fingerprint density at radius 2 is 2.05 bits per heavy atom. The van der Waals surface area contributed by atoms with E-state index in [0.29, 0.717) is 24.5 Å². The normalized spacial score (nSPS) is 15.1. The monoisotopic (exact) mass is 283 g/mol. The van der Waals surface area contributed by atoms with Crippen molar-refractivity contribution in [1.29, 1.82) is 0 Å². The molecule has 1 aliphatic heterocycles. The molecule has 0 aliphatic carbocycles. The summed E-state index contributed by atoms with van der Waals surface area (Å²) >= 11 is 5.89. The average Bonchev–Trinajstić information content (AvgIpc) is 2.27. The highest BCUT2D eigenvalue weighted by atomic mass is 35.5. The molecule has 5 heteroatoms. The second kappa shape index (κ2) is 4.93. The maximum atomic E-state index is 12.0. The van der Waals surface area contributed by atoms with Gasteiger partial charge in [0.1, 0.15) is 11.4 Å². The van der Waals surface area contributed by atoms with Gasteiger partial charge in [-0.25, -0.2) is 4.79 Å². The van der Waals surface area contributed by atoms with E-state index in [2.05, 4.69) is 0 Å². The molecule has 2 rings (SSSR count). The predicted molar refractivity (Wildman–Crippen MR) is 73.5 cm³/mol. The summed E-state index contributed by atoms with van der Waals surface area (Å²) in [6, 6.07) is 3.38. The van der Waals surface area contributed by atoms with Crippen LogP contribution in [0.15, 0.2) is 12.1 Å². The van der Waals surface area contributed by atoms with Gasteiger partial charge in [0.05, 0.1) is 5.02 Å². The van der Waals surface area contributed by atoms with E-state index in [0.717, 1.165) is 11.1 Å². The Labute approximate surface area is 117 Å². The number of fused-ring (bicyclic) bond motifs is 1. The molecule has 0 bridgehead atoms. The minimum atomic E-state index is -0.496. The second-order valence-corrected chi connectivity index (χ2v) is 6.13. The smallest absolute Gasteiger partial charge is 0.410 e. The Morgan fingerprint density at radius 1 is 1.37 bits per heavy atom. The maximum absolute atomic E-state index is 12.0. The highest BCUT2D eigenvalue weighted by Gasteiger charge is 2.26. The minimum Gasteiger partial charge on any atom is -0.506 e. The van der Waals surface area contributed by atoms with Crippen molar-refractivity contribution in [2.75, 3.05) is 6.54 Å². The van der Waals surface area contributed by atoms with Crippen molar-refractivity contribution >= 4 is 17.7 Å². The second-order valence-electron chi connectivity index (χ2n) is 5.72. The first-order chi connectivity index (χ1) is 8.76. The Hall–Kier alpha value is -1.42. The molecule has 0 radical (unpaired) electrons. The van der Waals surface area contributed by atoms with Crippen molar-refractivity contribution in [2.24, 2.45) is 0 Å². The van der Waals surface area contributed by atoms with E-state index in [4.69, 9.17) is 16.3 Å². The number of aromatic hydroxyl groups is 1. The van der Waals surface area contributed by atoms with Crippen molar-refractivity contribution < 1.29 is 14.6 Å². The Morgan fingerprint density at radius 3 is 2.68 bits per heavy atom. The fraction of sp³-hybridized carbons (Fsp3) is 0.500. The lowest BCUT2D eigenvalue weighted by atomic mass is 10.00. The minimum absolute atomic E-state index is 0.0890. The van der Waals surface area contributed by atoms with E-state index >= 15 is 0 Å².